The van der Waals surface area contributed by atoms with Gasteiger partial charge in [0, 0.05) is 12.6 Å². The Morgan fingerprint density at radius 1 is 1.22 bits per heavy atom. The summed E-state index contributed by atoms with van der Waals surface area (Å²) in [6.45, 7) is 1.07. The number of sulfone groups is 1. The average Bonchev–Trinajstić information content (AvgIpc) is 3.16. The molecule has 1 fully saturated rings. The van der Waals surface area contributed by atoms with Crippen LogP contribution in [0.4, 0.5) is 0 Å². The third-order valence-electron chi connectivity index (χ3n) is 4.18. The number of benzene rings is 1. The van der Waals surface area contributed by atoms with Crippen molar-refractivity contribution >= 4 is 9.84 Å². The lowest BCUT2D eigenvalue weighted by molar-refractivity contribution is 0.179. The number of rotatable bonds is 5. The Morgan fingerprint density at radius 3 is 2.70 bits per heavy atom. The molecule has 1 aliphatic heterocycles. The van der Waals surface area contributed by atoms with Gasteiger partial charge >= 0.3 is 0 Å². The molecule has 2 heterocycles. The molecule has 1 aromatic heterocycles. The van der Waals surface area contributed by atoms with Crippen molar-refractivity contribution in [3.63, 3.8) is 0 Å². The monoisotopic (exact) mass is 330 g/mol. The summed E-state index contributed by atoms with van der Waals surface area (Å²) >= 11 is 0. The largest absolute Gasteiger partial charge is 0.468 e. The molecule has 5 nitrogen and oxygen atoms in total. The molecule has 0 amide bonds. The zero-order chi connectivity index (χ0) is 16.3. The van der Waals surface area contributed by atoms with E-state index in [1.54, 1.807) is 12.3 Å². The molecule has 0 radical (unpaired) electrons. The van der Waals surface area contributed by atoms with E-state index in [0.717, 1.165) is 11.3 Å². The van der Waals surface area contributed by atoms with Crippen LogP contribution in [0.1, 0.15) is 23.3 Å². The van der Waals surface area contributed by atoms with Gasteiger partial charge in [-0.3, -0.25) is 4.90 Å². The van der Waals surface area contributed by atoms with E-state index < -0.39 is 9.84 Å². The van der Waals surface area contributed by atoms with E-state index in [2.05, 4.69) is 11.0 Å². The van der Waals surface area contributed by atoms with Crippen molar-refractivity contribution < 1.29 is 12.8 Å². The van der Waals surface area contributed by atoms with Crippen molar-refractivity contribution in [2.24, 2.45) is 0 Å². The van der Waals surface area contributed by atoms with Crippen LogP contribution in [-0.4, -0.2) is 30.9 Å². The van der Waals surface area contributed by atoms with Gasteiger partial charge in [-0.15, -0.1) is 0 Å². The van der Waals surface area contributed by atoms with E-state index in [0.29, 0.717) is 25.1 Å². The summed E-state index contributed by atoms with van der Waals surface area (Å²) < 4.78 is 29.1. The summed E-state index contributed by atoms with van der Waals surface area (Å²) in [5.41, 5.74) is 1.53. The minimum Gasteiger partial charge on any atom is -0.468 e. The molecule has 1 unspecified atom stereocenters. The summed E-state index contributed by atoms with van der Waals surface area (Å²) in [7, 11) is -2.96. The topological polar surface area (TPSA) is 74.3 Å². The molecule has 23 heavy (non-hydrogen) atoms. The lowest BCUT2D eigenvalue weighted by Gasteiger charge is -2.27. The van der Waals surface area contributed by atoms with Crippen LogP contribution in [0.2, 0.25) is 0 Å². The summed E-state index contributed by atoms with van der Waals surface area (Å²) in [5.74, 6) is 1.19. The number of furan rings is 1. The van der Waals surface area contributed by atoms with Crippen LogP contribution in [0, 0.1) is 11.3 Å². The van der Waals surface area contributed by atoms with E-state index >= 15 is 0 Å². The molecule has 2 aromatic rings. The molecule has 1 aliphatic rings. The highest BCUT2D eigenvalue weighted by molar-refractivity contribution is 7.91. The minimum atomic E-state index is -2.96. The number of hydrogen-bond acceptors (Lipinski definition) is 5. The van der Waals surface area contributed by atoms with Crippen LogP contribution >= 0.6 is 0 Å². The zero-order valence-corrected chi connectivity index (χ0v) is 13.5. The predicted molar refractivity (Wildman–Crippen MR) is 86.2 cm³/mol. The van der Waals surface area contributed by atoms with Crippen LogP contribution in [0.3, 0.4) is 0 Å². The van der Waals surface area contributed by atoms with Crippen molar-refractivity contribution in [3.8, 4) is 6.07 Å². The second kappa shape index (κ2) is 6.57. The average molecular weight is 330 g/mol. The highest BCUT2D eigenvalue weighted by Crippen LogP contribution is 2.23. The van der Waals surface area contributed by atoms with Gasteiger partial charge in [-0.1, -0.05) is 18.2 Å². The van der Waals surface area contributed by atoms with Crippen molar-refractivity contribution in [2.75, 3.05) is 11.5 Å². The maximum absolute atomic E-state index is 11.8. The third kappa shape index (κ3) is 3.81. The summed E-state index contributed by atoms with van der Waals surface area (Å²) in [6.07, 6.45) is 2.24. The number of nitriles is 1. The first-order valence-electron chi connectivity index (χ1n) is 7.52. The van der Waals surface area contributed by atoms with E-state index in [1.165, 1.54) is 0 Å². The molecule has 0 aliphatic carbocycles. The van der Waals surface area contributed by atoms with Gasteiger partial charge in [0.25, 0.3) is 0 Å². The lowest BCUT2D eigenvalue weighted by atomic mass is 10.1. The van der Waals surface area contributed by atoms with Gasteiger partial charge in [0.05, 0.1) is 35.9 Å². The molecule has 0 spiro atoms. The fourth-order valence-corrected chi connectivity index (χ4v) is 4.73. The molecule has 3 rings (SSSR count). The Bertz CT molecular complexity index is 807. The van der Waals surface area contributed by atoms with Crippen LogP contribution in [0.15, 0.2) is 47.1 Å². The minimum absolute atomic E-state index is 0.0446. The first-order valence-corrected chi connectivity index (χ1v) is 9.34. The fraction of sp³-hybridized carbons (Fsp3) is 0.353. The number of hydrogen-bond donors (Lipinski definition) is 0. The third-order valence-corrected chi connectivity index (χ3v) is 5.93. The van der Waals surface area contributed by atoms with Crippen molar-refractivity contribution in [1.82, 2.24) is 4.90 Å². The smallest absolute Gasteiger partial charge is 0.151 e. The van der Waals surface area contributed by atoms with Crippen LogP contribution in [0.25, 0.3) is 0 Å². The predicted octanol–water partition coefficient (Wildman–Crippen LogP) is 2.34. The van der Waals surface area contributed by atoms with Crippen molar-refractivity contribution in [1.29, 1.82) is 5.26 Å². The van der Waals surface area contributed by atoms with E-state index in [1.807, 2.05) is 30.3 Å². The number of nitrogens with zero attached hydrogens (tertiary/aromatic N) is 2. The summed E-state index contributed by atoms with van der Waals surface area (Å²) in [5, 5.41) is 9.25. The van der Waals surface area contributed by atoms with Crippen molar-refractivity contribution in [3.05, 3.63) is 59.5 Å². The Morgan fingerprint density at radius 2 is 2.04 bits per heavy atom. The SMILES string of the molecule is N#Cc1ccccc1CN(Cc1ccco1)C1CCS(=O)(=O)C1. The first kappa shape index (κ1) is 15.8. The molecular formula is C17H18N2O3S. The Labute approximate surface area is 136 Å². The Hall–Kier alpha value is -2.10. The Kier molecular flexibility index (Phi) is 4.51. The maximum Gasteiger partial charge on any atom is 0.151 e. The molecule has 0 N–H and O–H groups in total. The molecule has 1 saturated heterocycles. The van der Waals surface area contributed by atoms with E-state index in [4.69, 9.17) is 4.42 Å². The van der Waals surface area contributed by atoms with Gasteiger partial charge in [0.1, 0.15) is 5.76 Å². The quantitative estimate of drug-likeness (QED) is 0.841. The molecule has 6 heteroatoms. The second-order valence-corrected chi connectivity index (χ2v) is 8.04. The molecule has 120 valence electrons. The highest BCUT2D eigenvalue weighted by Gasteiger charge is 2.32. The van der Waals surface area contributed by atoms with Gasteiger partial charge in [0.2, 0.25) is 0 Å². The van der Waals surface area contributed by atoms with Crippen LogP contribution in [0.5, 0.6) is 0 Å². The molecular weight excluding hydrogens is 312 g/mol. The van der Waals surface area contributed by atoms with Crippen LogP contribution in [-0.2, 0) is 22.9 Å². The molecule has 1 aromatic carbocycles. The van der Waals surface area contributed by atoms with Gasteiger partial charge in [0.15, 0.2) is 9.84 Å². The van der Waals surface area contributed by atoms with Gasteiger partial charge in [-0.2, -0.15) is 5.26 Å². The van der Waals surface area contributed by atoms with Gasteiger partial charge in [-0.05, 0) is 30.2 Å². The highest BCUT2D eigenvalue weighted by atomic mass is 32.2. The molecule has 0 bridgehead atoms. The maximum atomic E-state index is 11.8. The standard InChI is InChI=1S/C17H18N2O3S/c18-10-14-4-1-2-5-15(14)11-19(12-17-6-3-8-22-17)16-7-9-23(20,21)13-16/h1-6,8,16H,7,9,11-13H2. The summed E-state index contributed by atoms with van der Waals surface area (Å²) in [6, 6.07) is 13.3. The van der Waals surface area contributed by atoms with E-state index in [-0.39, 0.29) is 17.5 Å². The van der Waals surface area contributed by atoms with Crippen LogP contribution < -0.4 is 0 Å². The normalized spacial score (nSPS) is 19.7. The zero-order valence-electron chi connectivity index (χ0n) is 12.7. The van der Waals surface area contributed by atoms with Gasteiger partial charge in [-0.25, -0.2) is 8.42 Å². The molecule has 1 atom stereocenters. The van der Waals surface area contributed by atoms with Gasteiger partial charge < -0.3 is 4.42 Å². The summed E-state index contributed by atoms with van der Waals surface area (Å²) in [4.78, 5) is 2.10. The lowest BCUT2D eigenvalue weighted by Crippen LogP contribution is -2.35. The fourth-order valence-electron chi connectivity index (χ4n) is 2.97. The first-order chi connectivity index (χ1) is 11.1. The van der Waals surface area contributed by atoms with Crippen molar-refractivity contribution in [2.45, 2.75) is 25.6 Å². The van der Waals surface area contributed by atoms with E-state index in [9.17, 15) is 13.7 Å². The Balaban J connectivity index is 1.84. The molecule has 0 saturated carbocycles. The second-order valence-electron chi connectivity index (χ2n) is 5.81.